The lowest BCUT2D eigenvalue weighted by atomic mass is 10.0. The van der Waals surface area contributed by atoms with Crippen LogP contribution >= 0.6 is 11.6 Å². The van der Waals surface area contributed by atoms with Gasteiger partial charge < -0.3 is 19.7 Å². The molecule has 1 aliphatic rings. The Balaban J connectivity index is 1.77. The summed E-state index contributed by atoms with van der Waals surface area (Å²) in [5.41, 5.74) is -0.204. The number of nitrogens with one attached hydrogen (secondary N) is 1. The number of benzene rings is 2. The summed E-state index contributed by atoms with van der Waals surface area (Å²) in [4.78, 5) is 13.9. The summed E-state index contributed by atoms with van der Waals surface area (Å²) >= 11 is 5.76. The average Bonchev–Trinajstić information content (AvgIpc) is 2.79. The van der Waals surface area contributed by atoms with Crippen LogP contribution in [-0.2, 0) is 14.6 Å². The lowest BCUT2D eigenvalue weighted by Gasteiger charge is -2.36. The Labute approximate surface area is 205 Å². The van der Waals surface area contributed by atoms with Gasteiger partial charge in [0, 0.05) is 12.6 Å². The summed E-state index contributed by atoms with van der Waals surface area (Å²) in [6.45, 7) is 5.65. The van der Waals surface area contributed by atoms with Crippen LogP contribution in [0, 0.1) is 0 Å². The summed E-state index contributed by atoms with van der Waals surface area (Å²) in [5, 5.41) is 3.12. The number of ether oxygens (including phenoxy) is 2. The second-order valence-corrected chi connectivity index (χ2v) is 11.3. The average molecular weight is 513 g/mol. The van der Waals surface area contributed by atoms with Gasteiger partial charge in [-0.05, 0) is 51.5 Å². The van der Waals surface area contributed by atoms with Gasteiger partial charge in [-0.3, -0.25) is 0 Å². The molecule has 1 saturated heterocycles. The predicted octanol–water partition coefficient (Wildman–Crippen LogP) is 4.90. The summed E-state index contributed by atoms with van der Waals surface area (Å²) < 4.78 is 52.0. The van der Waals surface area contributed by atoms with Crippen molar-refractivity contribution in [2.45, 2.75) is 54.8 Å². The highest BCUT2D eigenvalue weighted by Gasteiger charge is 2.34. The van der Waals surface area contributed by atoms with Crippen LogP contribution in [0.3, 0.4) is 0 Å². The zero-order valence-electron chi connectivity index (χ0n) is 19.5. The molecular weight excluding hydrogens is 483 g/mol. The Bertz CT molecular complexity index is 1090. The van der Waals surface area contributed by atoms with Crippen LogP contribution in [0.25, 0.3) is 0 Å². The number of hydrogen-bond donors (Lipinski definition) is 1. The molecule has 1 fully saturated rings. The maximum atomic E-state index is 15.0. The fraction of sp³-hybridized carbons (Fsp3) is 0.458. The van der Waals surface area contributed by atoms with E-state index in [0.717, 1.165) is 0 Å². The molecule has 0 saturated carbocycles. The van der Waals surface area contributed by atoms with Crippen molar-refractivity contribution in [3.8, 4) is 5.75 Å². The molecule has 2 aromatic carbocycles. The Morgan fingerprint density at radius 1 is 1.18 bits per heavy atom. The third-order valence-corrected chi connectivity index (χ3v) is 7.11. The third-order valence-electron chi connectivity index (χ3n) is 5.19. The minimum absolute atomic E-state index is 0.0605. The van der Waals surface area contributed by atoms with Crippen LogP contribution in [0.15, 0.2) is 58.3 Å². The number of likely N-dealkylation sites (tertiary alicyclic amines) is 1. The number of alkyl halides is 2. The smallest absolute Gasteiger partial charge is 0.410 e. The van der Waals surface area contributed by atoms with E-state index < -0.39 is 33.7 Å². The Morgan fingerprint density at radius 3 is 2.50 bits per heavy atom. The van der Waals surface area contributed by atoms with Crippen LogP contribution in [0.5, 0.6) is 5.75 Å². The molecule has 2 atom stereocenters. The summed E-state index contributed by atoms with van der Waals surface area (Å²) in [6.07, 6.45) is -1.55. The number of amides is 1. The molecule has 0 spiro atoms. The molecule has 7 nitrogen and oxygen atoms in total. The van der Waals surface area contributed by atoms with E-state index in [1.54, 1.807) is 45.0 Å². The molecule has 0 radical (unpaired) electrons. The predicted molar refractivity (Wildman–Crippen MR) is 129 cm³/mol. The standard InChI is InChI=1S/C24H30ClFN2O5S/c1-24(2,3)33-23(29)28-13-11-20(19(26)16-28)27-21-10-9-18(15-22(21)32-14-12-25)34(30,31)17-7-5-4-6-8-17/h4-10,15,19-20,27H,11-14,16H2,1-3H3. The first kappa shape index (κ1) is 26.1. The van der Waals surface area contributed by atoms with Crippen LogP contribution in [0.2, 0.25) is 0 Å². The van der Waals surface area contributed by atoms with E-state index in [-0.39, 0.29) is 34.6 Å². The van der Waals surface area contributed by atoms with Gasteiger partial charge in [0.25, 0.3) is 0 Å². The van der Waals surface area contributed by atoms with Crippen molar-refractivity contribution in [3.63, 3.8) is 0 Å². The van der Waals surface area contributed by atoms with Crippen molar-refractivity contribution in [1.29, 1.82) is 0 Å². The van der Waals surface area contributed by atoms with Gasteiger partial charge in [0.1, 0.15) is 24.1 Å². The van der Waals surface area contributed by atoms with Gasteiger partial charge in [-0.1, -0.05) is 18.2 Å². The third kappa shape index (κ3) is 6.54. The molecule has 2 unspecified atom stereocenters. The molecule has 0 aromatic heterocycles. The second-order valence-electron chi connectivity index (χ2n) is 8.99. The van der Waals surface area contributed by atoms with Crippen molar-refractivity contribution < 1.29 is 27.1 Å². The van der Waals surface area contributed by atoms with E-state index in [1.165, 1.54) is 29.2 Å². The van der Waals surface area contributed by atoms with Gasteiger partial charge >= 0.3 is 6.09 Å². The van der Waals surface area contributed by atoms with Crippen molar-refractivity contribution in [1.82, 2.24) is 4.90 Å². The molecule has 0 aliphatic carbocycles. The van der Waals surface area contributed by atoms with Gasteiger partial charge in [0.15, 0.2) is 0 Å². The van der Waals surface area contributed by atoms with Crippen molar-refractivity contribution >= 4 is 33.2 Å². The number of piperidine rings is 1. The van der Waals surface area contributed by atoms with Gasteiger partial charge in [-0.2, -0.15) is 0 Å². The maximum absolute atomic E-state index is 15.0. The van der Waals surface area contributed by atoms with Gasteiger partial charge in [0.05, 0.1) is 33.9 Å². The number of hydrogen-bond acceptors (Lipinski definition) is 6. The molecule has 1 N–H and O–H groups in total. The van der Waals surface area contributed by atoms with E-state index in [4.69, 9.17) is 21.1 Å². The van der Waals surface area contributed by atoms with Crippen molar-refractivity contribution in [3.05, 3.63) is 48.5 Å². The SMILES string of the molecule is CC(C)(C)OC(=O)N1CCC(Nc2ccc(S(=O)(=O)c3ccccc3)cc2OCCCl)C(F)C1. The number of sulfone groups is 1. The number of halogens is 2. The molecule has 10 heteroatoms. The van der Waals surface area contributed by atoms with E-state index in [9.17, 15) is 17.6 Å². The first-order valence-corrected chi connectivity index (χ1v) is 13.0. The number of anilines is 1. The zero-order valence-corrected chi connectivity index (χ0v) is 21.0. The zero-order chi connectivity index (χ0) is 24.9. The normalized spacial score (nSPS) is 18.9. The molecular formula is C24H30ClFN2O5S. The highest BCUT2D eigenvalue weighted by Crippen LogP contribution is 2.33. The number of carbonyl (C=O) groups is 1. The summed E-state index contributed by atoms with van der Waals surface area (Å²) in [5.74, 6) is 0.467. The minimum atomic E-state index is -3.75. The largest absolute Gasteiger partial charge is 0.490 e. The second kappa shape index (κ2) is 10.8. The van der Waals surface area contributed by atoms with Gasteiger partial charge in [0.2, 0.25) is 9.84 Å². The van der Waals surface area contributed by atoms with Crippen LogP contribution < -0.4 is 10.1 Å². The fourth-order valence-corrected chi connectivity index (χ4v) is 4.93. The lowest BCUT2D eigenvalue weighted by molar-refractivity contribution is 0.0125. The monoisotopic (exact) mass is 512 g/mol. The molecule has 186 valence electrons. The van der Waals surface area contributed by atoms with E-state index >= 15 is 0 Å². The van der Waals surface area contributed by atoms with Gasteiger partial charge in [-0.25, -0.2) is 17.6 Å². The molecule has 34 heavy (non-hydrogen) atoms. The van der Waals surface area contributed by atoms with Crippen molar-refractivity contribution in [2.75, 3.05) is 30.9 Å². The Hall–Kier alpha value is -2.52. The summed E-state index contributed by atoms with van der Waals surface area (Å²) in [7, 11) is -3.75. The molecule has 1 heterocycles. The van der Waals surface area contributed by atoms with Crippen LogP contribution in [0.1, 0.15) is 27.2 Å². The first-order chi connectivity index (χ1) is 16.0. The number of nitrogens with zero attached hydrogens (tertiary/aromatic N) is 1. The highest BCUT2D eigenvalue weighted by atomic mass is 35.5. The van der Waals surface area contributed by atoms with E-state index in [0.29, 0.717) is 18.7 Å². The maximum Gasteiger partial charge on any atom is 0.410 e. The van der Waals surface area contributed by atoms with Crippen LogP contribution in [0.4, 0.5) is 14.9 Å². The highest BCUT2D eigenvalue weighted by molar-refractivity contribution is 7.91. The van der Waals surface area contributed by atoms with Gasteiger partial charge in [-0.15, -0.1) is 11.6 Å². The number of carbonyl (C=O) groups excluding carboxylic acids is 1. The quantitative estimate of drug-likeness (QED) is 0.531. The fourth-order valence-electron chi connectivity index (χ4n) is 3.55. The lowest BCUT2D eigenvalue weighted by Crippen LogP contribution is -2.51. The first-order valence-electron chi connectivity index (χ1n) is 11.0. The molecule has 3 rings (SSSR count). The van der Waals surface area contributed by atoms with Crippen LogP contribution in [-0.4, -0.2) is 62.8 Å². The Morgan fingerprint density at radius 2 is 1.88 bits per heavy atom. The van der Waals surface area contributed by atoms with Crippen molar-refractivity contribution in [2.24, 2.45) is 0 Å². The van der Waals surface area contributed by atoms with E-state index in [2.05, 4.69) is 5.32 Å². The number of rotatable bonds is 7. The molecule has 2 aromatic rings. The summed E-state index contributed by atoms with van der Waals surface area (Å²) in [6, 6.07) is 11.9. The molecule has 1 amide bonds. The minimum Gasteiger partial charge on any atom is -0.490 e. The molecule has 1 aliphatic heterocycles. The Kier molecular flexibility index (Phi) is 8.30. The molecule has 0 bridgehead atoms. The topological polar surface area (TPSA) is 84.9 Å². The van der Waals surface area contributed by atoms with E-state index in [1.807, 2.05) is 0 Å².